The molecule has 0 amide bonds. The van der Waals surface area contributed by atoms with Gasteiger partial charge in [0.15, 0.2) is 0 Å². The zero-order valence-corrected chi connectivity index (χ0v) is 8.79. The van der Waals surface area contributed by atoms with Gasteiger partial charge in [-0.1, -0.05) is 6.07 Å². The molecule has 17 heavy (non-hydrogen) atoms. The van der Waals surface area contributed by atoms with Crippen molar-refractivity contribution in [3.63, 3.8) is 0 Å². The molecule has 88 valence electrons. The fourth-order valence-corrected chi connectivity index (χ4v) is 1.57. The summed E-state index contributed by atoms with van der Waals surface area (Å²) in [6.07, 6.45) is 1.51. The van der Waals surface area contributed by atoms with Crippen LogP contribution in [0.25, 0.3) is 10.9 Å². The number of carboxylic acid groups (broad SMARTS) is 1. The van der Waals surface area contributed by atoms with Crippen molar-refractivity contribution in [2.45, 2.75) is 6.10 Å². The van der Waals surface area contributed by atoms with Crippen LogP contribution in [0.2, 0.25) is 0 Å². The number of benzene rings is 1. The predicted molar refractivity (Wildman–Crippen MR) is 61.6 cm³/mol. The number of fused-ring (bicyclic) bond motifs is 1. The van der Waals surface area contributed by atoms with E-state index in [-0.39, 0.29) is 0 Å². The predicted octanol–water partition coefficient (Wildman–Crippen LogP) is 1.73. The van der Waals surface area contributed by atoms with Gasteiger partial charge in [0.05, 0.1) is 0 Å². The van der Waals surface area contributed by atoms with Crippen LogP contribution in [0.1, 0.15) is 11.7 Å². The molecule has 0 fully saturated rings. The summed E-state index contributed by atoms with van der Waals surface area (Å²) in [5, 5.41) is 28.1. The van der Waals surface area contributed by atoms with Gasteiger partial charge in [-0.2, -0.15) is 0 Å². The van der Waals surface area contributed by atoms with Crippen molar-refractivity contribution in [2.75, 3.05) is 0 Å². The number of carbonyl (C=O) groups is 1. The van der Waals surface area contributed by atoms with Gasteiger partial charge in [-0.05, 0) is 35.2 Å². The maximum Gasteiger partial charge on any atom is 0.370 e. The first-order valence-electron chi connectivity index (χ1n) is 4.97. The van der Waals surface area contributed by atoms with Crippen molar-refractivity contribution in [3.05, 3.63) is 47.9 Å². The fraction of sp³-hybridized carbons (Fsp3) is 0.0833. The Labute approximate surface area is 96.6 Å². The molecule has 1 heterocycles. The highest BCUT2D eigenvalue weighted by Gasteiger charge is 2.10. The van der Waals surface area contributed by atoms with E-state index in [1.54, 1.807) is 24.4 Å². The zero-order valence-electron chi connectivity index (χ0n) is 8.79. The SMILES string of the molecule is O=C(O)/C(O)=C/C(O)c1ccc2[nH]ccc2c1. The van der Waals surface area contributed by atoms with E-state index in [2.05, 4.69) is 4.98 Å². The molecule has 1 aromatic carbocycles. The number of aliphatic hydroxyl groups excluding tert-OH is 2. The molecule has 2 aromatic rings. The minimum absolute atomic E-state index is 0.518. The van der Waals surface area contributed by atoms with Crippen LogP contribution in [0.15, 0.2) is 42.3 Å². The summed E-state index contributed by atoms with van der Waals surface area (Å²) in [5.74, 6) is -2.33. The molecular weight excluding hydrogens is 222 g/mol. The Bertz CT molecular complexity index is 585. The molecule has 1 aromatic heterocycles. The molecule has 0 aliphatic rings. The van der Waals surface area contributed by atoms with Gasteiger partial charge in [0, 0.05) is 11.7 Å². The van der Waals surface area contributed by atoms with Gasteiger partial charge in [-0.3, -0.25) is 0 Å². The maximum atomic E-state index is 10.4. The quantitative estimate of drug-likeness (QED) is 0.479. The van der Waals surface area contributed by atoms with Crippen molar-refractivity contribution in [1.82, 2.24) is 4.98 Å². The molecule has 0 saturated carbocycles. The summed E-state index contributed by atoms with van der Waals surface area (Å²) < 4.78 is 0. The number of hydrogen-bond donors (Lipinski definition) is 4. The van der Waals surface area contributed by atoms with Gasteiger partial charge < -0.3 is 20.3 Å². The van der Waals surface area contributed by atoms with Crippen LogP contribution >= 0.6 is 0 Å². The summed E-state index contributed by atoms with van der Waals surface area (Å²) in [7, 11) is 0. The van der Waals surface area contributed by atoms with E-state index in [1.165, 1.54) is 0 Å². The van der Waals surface area contributed by atoms with E-state index < -0.39 is 17.8 Å². The number of nitrogens with one attached hydrogen (secondary N) is 1. The van der Waals surface area contributed by atoms with Crippen LogP contribution < -0.4 is 0 Å². The second-order valence-electron chi connectivity index (χ2n) is 3.63. The molecular formula is C12H11NO4. The lowest BCUT2D eigenvalue weighted by Crippen LogP contribution is -2.02. The number of rotatable bonds is 3. The molecule has 0 saturated heterocycles. The Hall–Kier alpha value is -2.27. The standard InChI is InChI=1S/C12H11NO4/c14-10(6-11(15)12(16)17)8-1-2-9-7(5-8)3-4-13-9/h1-6,10,13-15H,(H,16,17)/b11-6-. The topological polar surface area (TPSA) is 93.6 Å². The summed E-state index contributed by atoms with van der Waals surface area (Å²) in [5.41, 5.74) is 1.44. The summed E-state index contributed by atoms with van der Waals surface area (Å²) in [6.45, 7) is 0. The lowest BCUT2D eigenvalue weighted by molar-refractivity contribution is -0.135. The molecule has 4 N–H and O–H groups in total. The number of aromatic amines is 1. The van der Waals surface area contributed by atoms with Crippen LogP contribution in [-0.2, 0) is 4.79 Å². The van der Waals surface area contributed by atoms with Crippen molar-refractivity contribution < 1.29 is 20.1 Å². The van der Waals surface area contributed by atoms with E-state index in [9.17, 15) is 9.90 Å². The van der Waals surface area contributed by atoms with Crippen LogP contribution in [0.5, 0.6) is 0 Å². The molecule has 0 bridgehead atoms. The molecule has 0 spiro atoms. The van der Waals surface area contributed by atoms with Crippen LogP contribution in [-0.4, -0.2) is 26.3 Å². The van der Waals surface area contributed by atoms with E-state index >= 15 is 0 Å². The molecule has 0 aliphatic carbocycles. The molecule has 2 rings (SSSR count). The van der Waals surface area contributed by atoms with Crippen LogP contribution in [0.3, 0.4) is 0 Å². The van der Waals surface area contributed by atoms with E-state index in [4.69, 9.17) is 10.2 Å². The molecule has 1 unspecified atom stereocenters. The lowest BCUT2D eigenvalue weighted by atomic mass is 10.1. The Kier molecular flexibility index (Phi) is 2.84. The Morgan fingerprint density at radius 2 is 2.06 bits per heavy atom. The monoisotopic (exact) mass is 233 g/mol. The van der Waals surface area contributed by atoms with Crippen molar-refractivity contribution in [3.8, 4) is 0 Å². The van der Waals surface area contributed by atoms with Crippen molar-refractivity contribution >= 4 is 16.9 Å². The number of aromatic nitrogens is 1. The molecule has 5 heteroatoms. The number of H-pyrrole nitrogens is 1. The smallest absolute Gasteiger partial charge is 0.370 e. The van der Waals surface area contributed by atoms with E-state index in [1.807, 2.05) is 6.07 Å². The third-order valence-electron chi connectivity index (χ3n) is 2.45. The van der Waals surface area contributed by atoms with Gasteiger partial charge in [0.25, 0.3) is 0 Å². The minimum Gasteiger partial charge on any atom is -0.502 e. The molecule has 5 nitrogen and oxygen atoms in total. The average molecular weight is 233 g/mol. The molecule has 0 aliphatic heterocycles. The molecule has 1 atom stereocenters. The normalized spacial score (nSPS) is 13.8. The second kappa shape index (κ2) is 4.31. The first-order valence-corrected chi connectivity index (χ1v) is 4.97. The van der Waals surface area contributed by atoms with Gasteiger partial charge in [0.1, 0.15) is 6.10 Å². The Balaban J connectivity index is 2.33. The first kappa shape index (κ1) is 11.2. The Morgan fingerprint density at radius 1 is 1.29 bits per heavy atom. The maximum absolute atomic E-state index is 10.4. The zero-order chi connectivity index (χ0) is 12.4. The number of aliphatic hydroxyl groups is 2. The first-order chi connectivity index (χ1) is 8.08. The average Bonchev–Trinajstić information content (AvgIpc) is 2.75. The third-order valence-corrected chi connectivity index (χ3v) is 2.45. The van der Waals surface area contributed by atoms with Gasteiger partial charge in [0.2, 0.25) is 5.76 Å². The van der Waals surface area contributed by atoms with Crippen LogP contribution in [0.4, 0.5) is 0 Å². The summed E-state index contributed by atoms with van der Waals surface area (Å²) >= 11 is 0. The Morgan fingerprint density at radius 3 is 2.76 bits per heavy atom. The van der Waals surface area contributed by atoms with Gasteiger partial charge in [-0.15, -0.1) is 0 Å². The number of carboxylic acids is 1. The lowest BCUT2D eigenvalue weighted by Gasteiger charge is -2.06. The van der Waals surface area contributed by atoms with Gasteiger partial charge in [-0.25, -0.2) is 4.79 Å². The fourth-order valence-electron chi connectivity index (χ4n) is 1.57. The van der Waals surface area contributed by atoms with Crippen molar-refractivity contribution in [1.29, 1.82) is 0 Å². The second-order valence-corrected chi connectivity index (χ2v) is 3.63. The number of hydrogen-bond acceptors (Lipinski definition) is 3. The van der Waals surface area contributed by atoms with Gasteiger partial charge >= 0.3 is 5.97 Å². The third kappa shape index (κ3) is 2.29. The summed E-state index contributed by atoms with van der Waals surface area (Å²) in [4.78, 5) is 13.4. The number of aliphatic carboxylic acids is 1. The largest absolute Gasteiger partial charge is 0.502 e. The highest BCUT2D eigenvalue weighted by Crippen LogP contribution is 2.21. The highest BCUT2D eigenvalue weighted by molar-refractivity contribution is 5.84. The summed E-state index contributed by atoms with van der Waals surface area (Å²) in [6, 6.07) is 7.00. The molecule has 0 radical (unpaired) electrons. The highest BCUT2D eigenvalue weighted by atomic mass is 16.4. The van der Waals surface area contributed by atoms with E-state index in [0.29, 0.717) is 5.56 Å². The van der Waals surface area contributed by atoms with Crippen molar-refractivity contribution in [2.24, 2.45) is 0 Å². The van der Waals surface area contributed by atoms with Crippen LogP contribution in [0, 0.1) is 0 Å². The van der Waals surface area contributed by atoms with E-state index in [0.717, 1.165) is 17.0 Å². The minimum atomic E-state index is -1.47.